The highest BCUT2D eigenvalue weighted by atomic mass is 32.2. The van der Waals surface area contributed by atoms with E-state index in [4.69, 9.17) is 0 Å². The molecule has 3 aromatic rings. The van der Waals surface area contributed by atoms with Gasteiger partial charge in [-0.25, -0.2) is 23.4 Å². The summed E-state index contributed by atoms with van der Waals surface area (Å²) in [4.78, 5) is 14.7. The topological polar surface area (TPSA) is 88.1 Å². The molecule has 1 aliphatic rings. The van der Waals surface area contributed by atoms with Crippen LogP contribution in [0.1, 0.15) is 35.3 Å². The molecular formula is C19H21N5O2S2. The van der Waals surface area contributed by atoms with Gasteiger partial charge in [0.25, 0.3) is 0 Å². The maximum absolute atomic E-state index is 13.1. The van der Waals surface area contributed by atoms with Crippen molar-refractivity contribution in [2.24, 2.45) is 0 Å². The molecule has 4 rings (SSSR count). The van der Waals surface area contributed by atoms with Crippen molar-refractivity contribution in [3.8, 4) is 0 Å². The number of sulfonamides is 1. The van der Waals surface area contributed by atoms with Gasteiger partial charge in [0.1, 0.15) is 11.6 Å². The van der Waals surface area contributed by atoms with Gasteiger partial charge in [-0.2, -0.15) is 4.31 Å². The summed E-state index contributed by atoms with van der Waals surface area (Å²) >= 11 is 1.54. The van der Waals surface area contributed by atoms with Crippen molar-refractivity contribution >= 4 is 32.3 Å². The molecular weight excluding hydrogens is 394 g/mol. The molecule has 1 fully saturated rings. The lowest BCUT2D eigenvalue weighted by atomic mass is 10.1. The summed E-state index contributed by atoms with van der Waals surface area (Å²) in [7, 11) is -3.58. The molecule has 1 N–H and O–H groups in total. The van der Waals surface area contributed by atoms with Gasteiger partial charge in [0.15, 0.2) is 5.13 Å². The summed E-state index contributed by atoms with van der Waals surface area (Å²) < 4.78 is 27.8. The maximum atomic E-state index is 13.1. The zero-order valence-corrected chi connectivity index (χ0v) is 17.3. The summed E-state index contributed by atoms with van der Waals surface area (Å²) in [6.45, 7) is 4.29. The first-order valence-corrected chi connectivity index (χ1v) is 11.3. The number of benzene rings is 1. The molecule has 9 heteroatoms. The van der Waals surface area contributed by atoms with Gasteiger partial charge in [-0.15, -0.1) is 11.3 Å². The Morgan fingerprint density at radius 2 is 1.96 bits per heavy atom. The van der Waals surface area contributed by atoms with Crippen molar-refractivity contribution in [3.63, 3.8) is 0 Å². The van der Waals surface area contributed by atoms with Crippen LogP contribution in [0.4, 0.5) is 10.9 Å². The zero-order chi connectivity index (χ0) is 19.7. The molecule has 1 aliphatic heterocycles. The minimum absolute atomic E-state index is 0.300. The lowest BCUT2D eigenvalue weighted by molar-refractivity contribution is 0.389. The molecule has 0 spiro atoms. The summed E-state index contributed by atoms with van der Waals surface area (Å²) in [5.41, 5.74) is 0.709. The smallest absolute Gasteiger partial charge is 0.243 e. The fourth-order valence-corrected chi connectivity index (χ4v) is 5.76. The third-order valence-corrected chi connectivity index (χ3v) is 7.36. The molecule has 28 heavy (non-hydrogen) atoms. The molecule has 3 heterocycles. The van der Waals surface area contributed by atoms with Gasteiger partial charge < -0.3 is 5.32 Å². The van der Waals surface area contributed by atoms with Gasteiger partial charge in [0.2, 0.25) is 10.0 Å². The number of nitrogens with zero attached hydrogens (tertiary/aromatic N) is 4. The summed E-state index contributed by atoms with van der Waals surface area (Å²) in [6.07, 6.45) is 3.33. The van der Waals surface area contributed by atoms with E-state index >= 15 is 0 Å². The Morgan fingerprint density at radius 1 is 1.18 bits per heavy atom. The Bertz CT molecular complexity index is 1080. The van der Waals surface area contributed by atoms with Crippen LogP contribution in [0.5, 0.6) is 0 Å². The number of rotatable bonds is 5. The quantitative estimate of drug-likeness (QED) is 0.682. The normalized spacial score (nSPS) is 17.7. The fourth-order valence-electron chi connectivity index (χ4n) is 3.40. The van der Waals surface area contributed by atoms with Crippen LogP contribution in [-0.2, 0) is 10.0 Å². The van der Waals surface area contributed by atoms with Crippen molar-refractivity contribution in [3.05, 3.63) is 59.0 Å². The van der Waals surface area contributed by atoms with Crippen LogP contribution in [0, 0.1) is 13.8 Å². The van der Waals surface area contributed by atoms with E-state index in [2.05, 4.69) is 20.3 Å². The van der Waals surface area contributed by atoms with E-state index in [-0.39, 0.29) is 6.04 Å². The Hall–Kier alpha value is -2.36. The van der Waals surface area contributed by atoms with Crippen molar-refractivity contribution in [2.75, 3.05) is 11.9 Å². The third-order valence-electron chi connectivity index (χ3n) is 4.61. The number of aromatic nitrogens is 3. The van der Waals surface area contributed by atoms with Crippen LogP contribution >= 0.6 is 11.3 Å². The van der Waals surface area contributed by atoms with E-state index in [0.29, 0.717) is 28.8 Å². The molecule has 1 aromatic carbocycles. The number of hydrogen-bond donors (Lipinski definition) is 1. The van der Waals surface area contributed by atoms with Crippen LogP contribution < -0.4 is 5.32 Å². The van der Waals surface area contributed by atoms with Crippen LogP contribution in [0.3, 0.4) is 0 Å². The van der Waals surface area contributed by atoms with E-state index in [1.165, 1.54) is 11.3 Å². The van der Waals surface area contributed by atoms with E-state index < -0.39 is 10.0 Å². The van der Waals surface area contributed by atoms with Gasteiger partial charge in [-0.1, -0.05) is 18.2 Å². The molecule has 1 saturated heterocycles. The second-order valence-electron chi connectivity index (χ2n) is 6.71. The number of hydrogen-bond acceptors (Lipinski definition) is 7. The van der Waals surface area contributed by atoms with Crippen LogP contribution in [0.15, 0.2) is 47.5 Å². The highest BCUT2D eigenvalue weighted by Gasteiger charge is 2.37. The predicted molar refractivity (Wildman–Crippen MR) is 109 cm³/mol. The molecule has 0 unspecified atom stereocenters. The number of anilines is 2. The van der Waals surface area contributed by atoms with Gasteiger partial charge in [-0.3, -0.25) is 0 Å². The zero-order valence-electron chi connectivity index (χ0n) is 15.7. The van der Waals surface area contributed by atoms with Crippen molar-refractivity contribution in [1.82, 2.24) is 19.3 Å². The predicted octanol–water partition coefficient (Wildman–Crippen LogP) is 3.82. The minimum atomic E-state index is -3.58. The molecule has 0 radical (unpaired) electrons. The largest absolute Gasteiger partial charge is 0.316 e. The lowest BCUT2D eigenvalue weighted by Crippen LogP contribution is -2.31. The Balaban J connectivity index is 1.66. The summed E-state index contributed by atoms with van der Waals surface area (Å²) in [6, 6.07) is 10.1. The molecule has 2 aromatic heterocycles. The first kappa shape index (κ1) is 19.0. The molecule has 0 bridgehead atoms. The second kappa shape index (κ2) is 7.57. The van der Waals surface area contributed by atoms with Crippen molar-refractivity contribution < 1.29 is 8.42 Å². The van der Waals surface area contributed by atoms with Gasteiger partial charge >= 0.3 is 0 Å². The average Bonchev–Trinajstić information content (AvgIpc) is 3.31. The van der Waals surface area contributed by atoms with Crippen LogP contribution in [-0.4, -0.2) is 34.2 Å². The van der Waals surface area contributed by atoms with Crippen LogP contribution in [0.2, 0.25) is 0 Å². The highest BCUT2D eigenvalue weighted by Crippen LogP contribution is 2.36. The Labute approximate surface area is 168 Å². The number of thiazole rings is 1. The first-order chi connectivity index (χ1) is 13.4. The molecule has 0 amide bonds. The highest BCUT2D eigenvalue weighted by molar-refractivity contribution is 7.89. The van der Waals surface area contributed by atoms with Gasteiger partial charge in [0, 0.05) is 23.7 Å². The minimum Gasteiger partial charge on any atom is -0.316 e. The van der Waals surface area contributed by atoms with E-state index in [1.807, 2.05) is 26.0 Å². The average molecular weight is 416 g/mol. The van der Waals surface area contributed by atoms with Crippen LogP contribution in [0.25, 0.3) is 0 Å². The van der Waals surface area contributed by atoms with Gasteiger partial charge in [0.05, 0.1) is 16.6 Å². The number of nitrogens with one attached hydrogen (secondary N) is 1. The van der Waals surface area contributed by atoms with E-state index in [0.717, 1.165) is 22.9 Å². The monoisotopic (exact) mass is 415 g/mol. The molecule has 146 valence electrons. The fraction of sp³-hybridized carbons (Fsp3) is 0.316. The van der Waals surface area contributed by atoms with Crippen molar-refractivity contribution in [2.45, 2.75) is 37.6 Å². The molecule has 0 saturated carbocycles. The Kier molecular flexibility index (Phi) is 5.13. The third kappa shape index (κ3) is 3.78. The Morgan fingerprint density at radius 3 is 2.68 bits per heavy atom. The molecule has 7 nitrogen and oxygen atoms in total. The maximum Gasteiger partial charge on any atom is 0.243 e. The SMILES string of the molecule is Cc1nc(Nc2ncc(C)s2)cc([C@H]2CCCN2S(=O)(=O)c2ccccc2)n1. The lowest BCUT2D eigenvalue weighted by Gasteiger charge is -2.24. The van der Waals surface area contributed by atoms with Crippen molar-refractivity contribution in [1.29, 1.82) is 0 Å². The summed E-state index contributed by atoms with van der Waals surface area (Å²) in [5, 5.41) is 3.95. The van der Waals surface area contributed by atoms with E-state index in [9.17, 15) is 8.42 Å². The van der Waals surface area contributed by atoms with E-state index in [1.54, 1.807) is 34.8 Å². The molecule has 1 atom stereocenters. The second-order valence-corrected chi connectivity index (χ2v) is 9.84. The molecule has 0 aliphatic carbocycles. The van der Waals surface area contributed by atoms with Gasteiger partial charge in [-0.05, 0) is 38.8 Å². The summed E-state index contributed by atoms with van der Waals surface area (Å²) in [5.74, 6) is 1.22. The number of aryl methyl sites for hydroxylation is 2. The standard InChI is InChI=1S/C19H21N5O2S2/c1-13-12-20-19(27-13)23-18-11-16(21-14(2)22-18)17-9-6-10-24(17)28(25,26)15-7-4-3-5-8-15/h3-5,7-8,11-12,17H,6,9-10H2,1-2H3,(H,20,21,22,23)/t17-/m1/s1. The first-order valence-electron chi connectivity index (χ1n) is 9.05.